The summed E-state index contributed by atoms with van der Waals surface area (Å²) in [5.74, 6) is 0.292. The van der Waals surface area contributed by atoms with E-state index in [1.807, 2.05) is 0 Å². The fraction of sp³-hybridized carbons (Fsp3) is 0.500. The molecule has 0 unspecified atom stereocenters. The Bertz CT molecular complexity index is 751. The van der Waals surface area contributed by atoms with Crippen LogP contribution in [-0.4, -0.2) is 45.1 Å². The number of nitriles is 1. The Morgan fingerprint density at radius 3 is 3.09 bits per heavy atom. The second-order valence-electron chi connectivity index (χ2n) is 5.63. The van der Waals surface area contributed by atoms with Gasteiger partial charge in [-0.3, -0.25) is 0 Å². The number of hydrogen-bond acceptors (Lipinski definition) is 7. The molecule has 2 aromatic rings. The lowest BCUT2D eigenvalue weighted by atomic mass is 9.82. The van der Waals surface area contributed by atoms with Gasteiger partial charge in [-0.1, -0.05) is 0 Å². The minimum atomic E-state index is -1.55. The van der Waals surface area contributed by atoms with Crippen molar-refractivity contribution in [3.63, 3.8) is 0 Å². The monoisotopic (exact) mass is 303 g/mol. The van der Waals surface area contributed by atoms with E-state index in [9.17, 15) is 10.4 Å². The number of ether oxygens (including phenoxy) is 2. The van der Waals surface area contributed by atoms with E-state index < -0.39 is 11.2 Å². The van der Waals surface area contributed by atoms with E-state index in [1.165, 1.54) is 10.8 Å². The highest BCUT2D eigenvalue weighted by atomic mass is 16.6. The minimum Gasteiger partial charge on any atom is -0.385 e. The molecule has 1 aliphatic rings. The van der Waals surface area contributed by atoms with Gasteiger partial charge in [-0.2, -0.15) is 10.4 Å². The number of methoxy groups -OCH3 is 1. The molecule has 3 atom stereocenters. The molecule has 3 heterocycles. The highest BCUT2D eigenvalue weighted by Crippen LogP contribution is 2.46. The summed E-state index contributed by atoms with van der Waals surface area (Å²) in [6.45, 7) is 1.87. The van der Waals surface area contributed by atoms with Crippen LogP contribution in [0.25, 0.3) is 5.52 Å². The zero-order valence-electron chi connectivity index (χ0n) is 12.4. The predicted molar refractivity (Wildman–Crippen MR) is 76.7 cm³/mol. The molecular formula is C14H17N5O3. The third-order valence-corrected chi connectivity index (χ3v) is 4.08. The summed E-state index contributed by atoms with van der Waals surface area (Å²) < 4.78 is 12.5. The molecule has 0 aliphatic carbocycles. The van der Waals surface area contributed by atoms with Crippen LogP contribution in [0.1, 0.15) is 19.0 Å². The topological polar surface area (TPSA) is 119 Å². The number of fused-ring (bicyclic) bond motifs is 1. The number of anilines is 1. The Hall–Kier alpha value is -2.21. The SMILES string of the molecule is COC[C@@H]1C[C@@](C)(O)[C@](C#N)(c2ccc3c(N)ncnn23)O1. The summed E-state index contributed by atoms with van der Waals surface area (Å²) in [7, 11) is 1.55. The highest BCUT2D eigenvalue weighted by molar-refractivity contribution is 5.66. The normalized spacial score (nSPS) is 31.5. The van der Waals surface area contributed by atoms with E-state index in [0.29, 0.717) is 23.6 Å². The molecule has 116 valence electrons. The van der Waals surface area contributed by atoms with Crippen LogP contribution in [0.5, 0.6) is 0 Å². The molecule has 1 saturated heterocycles. The second-order valence-corrected chi connectivity index (χ2v) is 5.63. The smallest absolute Gasteiger partial charge is 0.225 e. The highest BCUT2D eigenvalue weighted by Gasteiger charge is 2.59. The average Bonchev–Trinajstić information content (AvgIpc) is 2.99. The van der Waals surface area contributed by atoms with Crippen molar-refractivity contribution < 1.29 is 14.6 Å². The second kappa shape index (κ2) is 4.91. The van der Waals surface area contributed by atoms with Gasteiger partial charge in [0.25, 0.3) is 0 Å². The summed E-state index contributed by atoms with van der Waals surface area (Å²) in [6, 6.07) is 5.50. The molecule has 0 aromatic carbocycles. The van der Waals surface area contributed by atoms with Gasteiger partial charge in [0.05, 0.1) is 18.4 Å². The van der Waals surface area contributed by atoms with E-state index in [2.05, 4.69) is 16.2 Å². The van der Waals surface area contributed by atoms with E-state index in [0.717, 1.165) is 0 Å². The molecule has 3 N–H and O–H groups in total. The van der Waals surface area contributed by atoms with Gasteiger partial charge in [0.15, 0.2) is 5.82 Å². The molecule has 1 fully saturated rings. The molecule has 0 spiro atoms. The molecule has 22 heavy (non-hydrogen) atoms. The fourth-order valence-corrected chi connectivity index (χ4v) is 3.04. The van der Waals surface area contributed by atoms with E-state index >= 15 is 0 Å². The summed E-state index contributed by atoms with van der Waals surface area (Å²) in [6.07, 6.45) is 1.19. The van der Waals surface area contributed by atoms with Crippen LogP contribution in [0, 0.1) is 11.3 Å². The average molecular weight is 303 g/mol. The maximum atomic E-state index is 10.8. The van der Waals surface area contributed by atoms with Crippen LogP contribution < -0.4 is 5.73 Å². The number of nitrogens with two attached hydrogens (primary N) is 1. The molecule has 0 bridgehead atoms. The van der Waals surface area contributed by atoms with E-state index in [4.69, 9.17) is 15.2 Å². The predicted octanol–water partition coefficient (Wildman–Crippen LogP) is 0.217. The molecule has 0 amide bonds. The van der Waals surface area contributed by atoms with Crippen LogP contribution in [0.2, 0.25) is 0 Å². The Morgan fingerprint density at radius 2 is 2.41 bits per heavy atom. The first-order valence-electron chi connectivity index (χ1n) is 6.84. The third-order valence-electron chi connectivity index (χ3n) is 4.08. The molecule has 2 aromatic heterocycles. The molecule has 0 radical (unpaired) electrons. The zero-order valence-corrected chi connectivity index (χ0v) is 12.4. The fourth-order valence-electron chi connectivity index (χ4n) is 3.04. The molecule has 8 heteroatoms. The van der Waals surface area contributed by atoms with Gasteiger partial charge in [0.1, 0.15) is 23.5 Å². The minimum absolute atomic E-state index is 0.280. The van der Waals surface area contributed by atoms with Crippen LogP contribution in [0.3, 0.4) is 0 Å². The van der Waals surface area contributed by atoms with Crippen molar-refractivity contribution in [2.24, 2.45) is 0 Å². The first-order chi connectivity index (χ1) is 10.4. The number of nitrogens with zero attached hydrogens (tertiary/aromatic N) is 4. The van der Waals surface area contributed by atoms with E-state index in [1.54, 1.807) is 26.2 Å². The number of hydrogen-bond donors (Lipinski definition) is 2. The molecule has 1 aliphatic heterocycles. The first kappa shape index (κ1) is 14.7. The lowest BCUT2D eigenvalue weighted by Gasteiger charge is -2.31. The Labute approximate surface area is 127 Å². The van der Waals surface area contributed by atoms with Crippen LogP contribution in [0.15, 0.2) is 18.5 Å². The van der Waals surface area contributed by atoms with Crippen LogP contribution in [0.4, 0.5) is 5.82 Å². The van der Waals surface area contributed by atoms with Crippen molar-refractivity contribution in [2.75, 3.05) is 19.5 Å². The lowest BCUT2D eigenvalue weighted by molar-refractivity contribution is -0.103. The zero-order chi connectivity index (χ0) is 16.0. The van der Waals surface area contributed by atoms with Gasteiger partial charge in [0.2, 0.25) is 5.60 Å². The van der Waals surface area contributed by atoms with Crippen LogP contribution >= 0.6 is 0 Å². The van der Waals surface area contributed by atoms with Gasteiger partial charge in [-0.15, -0.1) is 0 Å². The van der Waals surface area contributed by atoms with Crippen molar-refractivity contribution in [1.29, 1.82) is 5.26 Å². The summed E-state index contributed by atoms with van der Waals surface area (Å²) in [5.41, 5.74) is 3.85. The Balaban J connectivity index is 2.17. The molecule has 0 saturated carbocycles. The van der Waals surface area contributed by atoms with Crippen molar-refractivity contribution in [3.05, 3.63) is 24.2 Å². The van der Waals surface area contributed by atoms with Gasteiger partial charge < -0.3 is 20.3 Å². The molecule has 8 nitrogen and oxygen atoms in total. The standard InChI is InChI=1S/C14H17N5O3/c1-13(20)5-9(6-21-2)22-14(13,7-15)11-4-3-10-12(16)17-8-18-19(10)11/h3-4,8-9,20H,5-6H2,1-2H3,(H2,16,17,18)/t9-,13+,14-/m0/s1. The van der Waals surface area contributed by atoms with Gasteiger partial charge in [-0.25, -0.2) is 9.50 Å². The first-order valence-corrected chi connectivity index (χ1v) is 6.84. The molecule has 3 rings (SSSR count). The third kappa shape index (κ3) is 1.87. The van der Waals surface area contributed by atoms with Crippen LogP contribution in [-0.2, 0) is 15.1 Å². The summed E-state index contributed by atoms with van der Waals surface area (Å²) in [5, 5.41) is 24.7. The number of rotatable bonds is 3. The number of aliphatic hydroxyl groups is 1. The van der Waals surface area contributed by atoms with Crippen molar-refractivity contribution in [2.45, 2.75) is 30.7 Å². The quantitative estimate of drug-likeness (QED) is 0.832. The van der Waals surface area contributed by atoms with Crippen molar-refractivity contribution >= 4 is 11.3 Å². The van der Waals surface area contributed by atoms with Gasteiger partial charge in [-0.05, 0) is 19.1 Å². The van der Waals surface area contributed by atoms with Gasteiger partial charge in [0, 0.05) is 13.5 Å². The van der Waals surface area contributed by atoms with E-state index in [-0.39, 0.29) is 12.5 Å². The summed E-state index contributed by atoms with van der Waals surface area (Å²) >= 11 is 0. The Kier molecular flexibility index (Phi) is 3.29. The van der Waals surface area contributed by atoms with Gasteiger partial charge >= 0.3 is 0 Å². The lowest BCUT2D eigenvalue weighted by Crippen LogP contribution is -2.46. The van der Waals surface area contributed by atoms with Crippen molar-refractivity contribution in [1.82, 2.24) is 14.6 Å². The molecular weight excluding hydrogens is 286 g/mol. The number of aromatic nitrogens is 3. The summed E-state index contributed by atoms with van der Waals surface area (Å²) in [4.78, 5) is 3.92. The number of nitrogen functional groups attached to an aromatic ring is 1. The Morgan fingerprint density at radius 1 is 1.64 bits per heavy atom. The maximum absolute atomic E-state index is 10.8. The largest absolute Gasteiger partial charge is 0.385 e. The van der Waals surface area contributed by atoms with Crippen molar-refractivity contribution in [3.8, 4) is 6.07 Å². The maximum Gasteiger partial charge on any atom is 0.225 e.